The fourth-order valence-electron chi connectivity index (χ4n) is 1.02. The summed E-state index contributed by atoms with van der Waals surface area (Å²) in [4.78, 5) is 11.1. The van der Waals surface area contributed by atoms with Crippen LogP contribution in [0, 0.1) is 0 Å². The fourth-order valence-corrected chi connectivity index (χ4v) is 1.59. The summed E-state index contributed by atoms with van der Waals surface area (Å²) in [6.07, 6.45) is 0.501. The predicted molar refractivity (Wildman–Crippen MR) is 61.7 cm³/mol. The van der Waals surface area contributed by atoms with Crippen molar-refractivity contribution in [1.29, 1.82) is 0 Å². The molecular formula is C10H11BrClNO. The minimum atomic E-state index is 0.0434. The second kappa shape index (κ2) is 6.04. The molecule has 0 aromatic heterocycles. The van der Waals surface area contributed by atoms with Crippen molar-refractivity contribution in [2.45, 2.75) is 13.0 Å². The van der Waals surface area contributed by atoms with Crippen LogP contribution in [0.1, 0.15) is 12.0 Å². The Labute approximate surface area is 96.8 Å². The number of hydrogen-bond acceptors (Lipinski definition) is 1. The highest BCUT2D eigenvalue weighted by atomic mass is 79.9. The molecule has 0 bridgehead atoms. The van der Waals surface area contributed by atoms with Crippen molar-refractivity contribution in [2.75, 3.05) is 5.33 Å². The van der Waals surface area contributed by atoms with Gasteiger partial charge in [-0.25, -0.2) is 0 Å². The van der Waals surface area contributed by atoms with Gasteiger partial charge in [0.25, 0.3) is 0 Å². The molecule has 0 unspecified atom stereocenters. The molecule has 1 N–H and O–H groups in total. The topological polar surface area (TPSA) is 29.1 Å². The van der Waals surface area contributed by atoms with Gasteiger partial charge in [0.15, 0.2) is 0 Å². The second-order valence-corrected chi connectivity index (χ2v) is 4.08. The van der Waals surface area contributed by atoms with Gasteiger partial charge in [-0.1, -0.05) is 39.7 Å². The number of amides is 1. The summed E-state index contributed by atoms with van der Waals surface area (Å²) in [6, 6.07) is 7.45. The molecule has 0 atom stereocenters. The second-order valence-electron chi connectivity index (χ2n) is 2.85. The molecule has 14 heavy (non-hydrogen) atoms. The predicted octanol–water partition coefficient (Wildman–Crippen LogP) is 2.74. The molecule has 2 nitrogen and oxygen atoms in total. The van der Waals surface area contributed by atoms with E-state index in [1.54, 1.807) is 0 Å². The van der Waals surface area contributed by atoms with E-state index < -0.39 is 0 Å². The van der Waals surface area contributed by atoms with Gasteiger partial charge in [-0.05, 0) is 17.7 Å². The van der Waals surface area contributed by atoms with E-state index in [4.69, 9.17) is 11.6 Å². The van der Waals surface area contributed by atoms with Gasteiger partial charge >= 0.3 is 0 Å². The molecule has 1 aromatic rings. The zero-order chi connectivity index (χ0) is 10.4. The van der Waals surface area contributed by atoms with Crippen LogP contribution in [0.5, 0.6) is 0 Å². The van der Waals surface area contributed by atoms with Crippen LogP contribution in [-0.2, 0) is 11.3 Å². The highest BCUT2D eigenvalue weighted by molar-refractivity contribution is 9.09. The molecule has 0 spiro atoms. The monoisotopic (exact) mass is 275 g/mol. The minimum absolute atomic E-state index is 0.0434. The maximum Gasteiger partial charge on any atom is 0.221 e. The number of carbonyl (C=O) groups is 1. The van der Waals surface area contributed by atoms with Gasteiger partial charge in [0, 0.05) is 23.3 Å². The van der Waals surface area contributed by atoms with Crippen molar-refractivity contribution >= 4 is 33.4 Å². The van der Waals surface area contributed by atoms with Crippen LogP contribution in [-0.4, -0.2) is 11.2 Å². The van der Waals surface area contributed by atoms with Crippen LogP contribution in [0.3, 0.4) is 0 Å². The zero-order valence-corrected chi connectivity index (χ0v) is 9.94. The molecule has 0 fully saturated rings. The number of halogens is 2. The van der Waals surface area contributed by atoms with E-state index in [2.05, 4.69) is 21.2 Å². The Balaban J connectivity index is 2.41. The highest BCUT2D eigenvalue weighted by Gasteiger charge is 1.99. The molecule has 4 heteroatoms. The summed E-state index contributed by atoms with van der Waals surface area (Å²) in [5.41, 5.74) is 1.01. The van der Waals surface area contributed by atoms with E-state index in [0.29, 0.717) is 23.3 Å². The largest absolute Gasteiger partial charge is 0.352 e. The van der Waals surface area contributed by atoms with Crippen LogP contribution >= 0.6 is 27.5 Å². The average molecular weight is 277 g/mol. The first-order chi connectivity index (χ1) is 6.72. The summed E-state index contributed by atoms with van der Waals surface area (Å²) in [7, 11) is 0. The molecule has 0 saturated heterocycles. The Morgan fingerprint density at radius 3 is 2.93 bits per heavy atom. The Hall–Kier alpha value is -0.540. The number of nitrogens with one attached hydrogen (secondary N) is 1. The van der Waals surface area contributed by atoms with E-state index >= 15 is 0 Å². The van der Waals surface area contributed by atoms with Gasteiger partial charge in [-0.3, -0.25) is 4.79 Å². The third-order valence-corrected chi connectivity index (χ3v) is 2.33. The first kappa shape index (κ1) is 11.5. The number of carbonyl (C=O) groups excluding carboxylic acids is 1. The van der Waals surface area contributed by atoms with Crippen molar-refractivity contribution in [3.05, 3.63) is 34.9 Å². The molecule has 1 aromatic carbocycles. The molecule has 0 aliphatic carbocycles. The maximum atomic E-state index is 11.1. The smallest absolute Gasteiger partial charge is 0.221 e. The third kappa shape index (κ3) is 4.11. The maximum absolute atomic E-state index is 11.1. The Bertz CT molecular complexity index is 317. The lowest BCUT2D eigenvalue weighted by Gasteiger charge is -2.04. The van der Waals surface area contributed by atoms with Gasteiger partial charge in [0.2, 0.25) is 5.91 Å². The van der Waals surface area contributed by atoms with Crippen molar-refractivity contribution in [3.8, 4) is 0 Å². The van der Waals surface area contributed by atoms with Gasteiger partial charge in [-0.15, -0.1) is 0 Å². The fraction of sp³-hybridized carbons (Fsp3) is 0.300. The lowest BCUT2D eigenvalue weighted by Crippen LogP contribution is -2.22. The van der Waals surface area contributed by atoms with Crippen molar-refractivity contribution in [3.63, 3.8) is 0 Å². The average Bonchev–Trinajstić information content (AvgIpc) is 2.15. The Morgan fingerprint density at radius 2 is 2.29 bits per heavy atom. The summed E-state index contributed by atoms with van der Waals surface area (Å²) < 4.78 is 0. The quantitative estimate of drug-likeness (QED) is 0.842. The summed E-state index contributed by atoms with van der Waals surface area (Å²) in [5, 5.41) is 4.18. The third-order valence-electron chi connectivity index (χ3n) is 1.70. The molecule has 0 aliphatic heterocycles. The number of benzene rings is 1. The normalized spacial score (nSPS) is 9.86. The van der Waals surface area contributed by atoms with Crippen molar-refractivity contribution in [2.24, 2.45) is 0 Å². The SMILES string of the molecule is O=C(CCBr)NCc1cccc(Cl)c1. The molecule has 1 rings (SSSR count). The lowest BCUT2D eigenvalue weighted by molar-refractivity contribution is -0.120. The number of rotatable bonds is 4. The first-order valence-electron chi connectivity index (χ1n) is 4.29. The van der Waals surface area contributed by atoms with Gasteiger partial charge in [0.1, 0.15) is 0 Å². The number of alkyl halides is 1. The molecule has 76 valence electrons. The highest BCUT2D eigenvalue weighted by Crippen LogP contribution is 2.10. The van der Waals surface area contributed by atoms with Gasteiger partial charge in [0.05, 0.1) is 0 Å². The zero-order valence-electron chi connectivity index (χ0n) is 7.59. The summed E-state index contributed by atoms with van der Waals surface area (Å²) in [6.45, 7) is 0.534. The summed E-state index contributed by atoms with van der Waals surface area (Å²) in [5.74, 6) is 0.0434. The van der Waals surface area contributed by atoms with E-state index in [9.17, 15) is 4.79 Å². The molecule has 0 saturated carbocycles. The van der Waals surface area contributed by atoms with Crippen LogP contribution in [0.4, 0.5) is 0 Å². The van der Waals surface area contributed by atoms with E-state index in [-0.39, 0.29) is 5.91 Å². The Kier molecular flexibility index (Phi) is 4.98. The van der Waals surface area contributed by atoms with Gasteiger partial charge < -0.3 is 5.32 Å². The van der Waals surface area contributed by atoms with E-state index in [0.717, 1.165) is 5.56 Å². The standard InChI is InChI=1S/C10H11BrClNO/c11-5-4-10(14)13-7-8-2-1-3-9(12)6-8/h1-3,6H,4-5,7H2,(H,13,14). The molecule has 1 amide bonds. The molecule has 0 heterocycles. The molecular weight excluding hydrogens is 265 g/mol. The summed E-state index contributed by atoms with van der Waals surface area (Å²) >= 11 is 9.01. The van der Waals surface area contributed by atoms with Crippen LogP contribution < -0.4 is 5.32 Å². The molecule has 0 radical (unpaired) electrons. The van der Waals surface area contributed by atoms with Crippen molar-refractivity contribution < 1.29 is 4.79 Å². The number of hydrogen-bond donors (Lipinski definition) is 1. The Morgan fingerprint density at radius 1 is 1.50 bits per heavy atom. The van der Waals surface area contributed by atoms with E-state index in [1.165, 1.54) is 0 Å². The van der Waals surface area contributed by atoms with Crippen LogP contribution in [0.2, 0.25) is 5.02 Å². The first-order valence-corrected chi connectivity index (χ1v) is 5.79. The molecule has 0 aliphatic rings. The van der Waals surface area contributed by atoms with Crippen LogP contribution in [0.15, 0.2) is 24.3 Å². The van der Waals surface area contributed by atoms with Crippen molar-refractivity contribution in [1.82, 2.24) is 5.32 Å². The van der Waals surface area contributed by atoms with Gasteiger partial charge in [-0.2, -0.15) is 0 Å². The minimum Gasteiger partial charge on any atom is -0.352 e. The van der Waals surface area contributed by atoms with Crippen LogP contribution in [0.25, 0.3) is 0 Å². The van der Waals surface area contributed by atoms with E-state index in [1.807, 2.05) is 24.3 Å². The lowest BCUT2D eigenvalue weighted by atomic mass is 10.2.